The van der Waals surface area contributed by atoms with Gasteiger partial charge in [-0.3, -0.25) is 0 Å². The van der Waals surface area contributed by atoms with Crippen molar-refractivity contribution in [2.45, 2.75) is 44.4 Å². The molecular weight excluding hydrogens is 204 g/mol. The molecule has 1 N–H and O–H groups in total. The lowest BCUT2D eigenvalue weighted by molar-refractivity contribution is 0.296. The second-order valence-corrected chi connectivity index (χ2v) is 5.49. The van der Waals surface area contributed by atoms with Gasteiger partial charge in [-0.15, -0.1) is 0 Å². The first-order valence-electron chi connectivity index (χ1n) is 6.28. The Morgan fingerprint density at radius 2 is 2.00 bits per heavy atom. The molecule has 0 spiro atoms. The fourth-order valence-electron chi connectivity index (χ4n) is 2.31. The van der Waals surface area contributed by atoms with E-state index in [1.165, 1.54) is 38.9 Å². The van der Waals surface area contributed by atoms with Crippen LogP contribution in [0, 0.1) is 0 Å². The molecule has 2 nitrogen and oxygen atoms in total. The molecular formula is C12H26N2S. The van der Waals surface area contributed by atoms with Gasteiger partial charge in [-0.05, 0) is 38.6 Å². The number of rotatable bonds is 7. The summed E-state index contributed by atoms with van der Waals surface area (Å²) in [7, 11) is 0. The second kappa shape index (κ2) is 7.53. The molecule has 0 aromatic rings. The van der Waals surface area contributed by atoms with Crippen molar-refractivity contribution in [3.63, 3.8) is 0 Å². The molecule has 1 aliphatic rings. The van der Waals surface area contributed by atoms with Crippen molar-refractivity contribution in [1.29, 1.82) is 0 Å². The molecule has 0 bridgehead atoms. The van der Waals surface area contributed by atoms with Gasteiger partial charge in [-0.1, -0.05) is 13.8 Å². The minimum atomic E-state index is 0.790. The molecule has 1 aliphatic carbocycles. The van der Waals surface area contributed by atoms with Crippen molar-refractivity contribution < 1.29 is 0 Å². The van der Waals surface area contributed by atoms with E-state index in [0.29, 0.717) is 0 Å². The van der Waals surface area contributed by atoms with Crippen molar-refractivity contribution in [2.75, 3.05) is 32.4 Å². The number of thioether (sulfide) groups is 1. The molecule has 0 amide bonds. The molecule has 0 aromatic carbocycles. The summed E-state index contributed by atoms with van der Waals surface area (Å²) >= 11 is 2.03. The molecule has 0 aromatic heterocycles. The highest BCUT2D eigenvalue weighted by molar-refractivity contribution is 7.99. The summed E-state index contributed by atoms with van der Waals surface area (Å²) < 4.78 is 0. The fourth-order valence-corrected chi connectivity index (χ4v) is 3.10. The molecule has 1 rings (SSSR count). The van der Waals surface area contributed by atoms with Crippen LogP contribution in [-0.2, 0) is 0 Å². The van der Waals surface area contributed by atoms with Gasteiger partial charge in [-0.25, -0.2) is 0 Å². The van der Waals surface area contributed by atoms with Crippen LogP contribution >= 0.6 is 11.8 Å². The molecule has 0 saturated heterocycles. The molecule has 90 valence electrons. The van der Waals surface area contributed by atoms with Crippen molar-refractivity contribution in [3.05, 3.63) is 0 Å². The summed E-state index contributed by atoms with van der Waals surface area (Å²) in [5, 5.41) is 4.60. The highest BCUT2D eigenvalue weighted by atomic mass is 32.2. The van der Waals surface area contributed by atoms with Crippen LogP contribution < -0.4 is 5.32 Å². The average molecular weight is 230 g/mol. The van der Waals surface area contributed by atoms with E-state index in [9.17, 15) is 0 Å². The highest BCUT2D eigenvalue weighted by Crippen LogP contribution is 2.27. The third-order valence-electron chi connectivity index (χ3n) is 3.47. The number of nitrogens with one attached hydrogen (secondary N) is 1. The number of hydrogen-bond acceptors (Lipinski definition) is 3. The van der Waals surface area contributed by atoms with Crippen LogP contribution in [0.4, 0.5) is 0 Å². The molecule has 1 saturated carbocycles. The van der Waals surface area contributed by atoms with Crippen molar-refractivity contribution >= 4 is 11.8 Å². The van der Waals surface area contributed by atoms with Gasteiger partial charge in [-0.2, -0.15) is 11.8 Å². The normalized spacial score (nSPS) is 26.4. The first kappa shape index (κ1) is 13.3. The van der Waals surface area contributed by atoms with Crippen LogP contribution in [0.25, 0.3) is 0 Å². The first-order valence-corrected chi connectivity index (χ1v) is 7.57. The van der Waals surface area contributed by atoms with Crippen molar-refractivity contribution in [3.8, 4) is 0 Å². The molecule has 2 atom stereocenters. The first-order chi connectivity index (χ1) is 7.30. The van der Waals surface area contributed by atoms with Crippen LogP contribution in [0.5, 0.6) is 0 Å². The fraction of sp³-hybridized carbons (Fsp3) is 1.00. The van der Waals surface area contributed by atoms with Crippen molar-refractivity contribution in [1.82, 2.24) is 10.2 Å². The number of nitrogens with zero attached hydrogens (tertiary/aromatic N) is 1. The Labute approximate surface area is 99.2 Å². The van der Waals surface area contributed by atoms with E-state index in [1.54, 1.807) is 0 Å². The predicted octanol–water partition coefficient (Wildman–Crippen LogP) is 2.20. The Hall–Kier alpha value is 0.270. The Bertz CT molecular complexity index is 160. The smallest absolute Gasteiger partial charge is 0.0107 e. The molecule has 15 heavy (non-hydrogen) atoms. The molecule has 1 fully saturated rings. The van der Waals surface area contributed by atoms with Gasteiger partial charge in [0.1, 0.15) is 0 Å². The van der Waals surface area contributed by atoms with Gasteiger partial charge in [0.05, 0.1) is 0 Å². The van der Waals surface area contributed by atoms with Crippen molar-refractivity contribution in [2.24, 2.45) is 0 Å². The monoisotopic (exact) mass is 230 g/mol. The molecule has 0 heterocycles. The summed E-state index contributed by atoms with van der Waals surface area (Å²) in [6.07, 6.45) is 6.40. The number of likely N-dealkylation sites (N-methyl/N-ethyl adjacent to an activating group) is 1. The Morgan fingerprint density at radius 3 is 2.53 bits per heavy atom. The van der Waals surface area contributed by atoms with Gasteiger partial charge in [0, 0.05) is 24.4 Å². The van der Waals surface area contributed by atoms with Crippen LogP contribution in [0.2, 0.25) is 0 Å². The second-order valence-electron chi connectivity index (χ2n) is 4.35. The van der Waals surface area contributed by atoms with E-state index in [0.717, 1.165) is 17.8 Å². The summed E-state index contributed by atoms with van der Waals surface area (Å²) in [6.45, 7) is 9.19. The van der Waals surface area contributed by atoms with Gasteiger partial charge >= 0.3 is 0 Å². The van der Waals surface area contributed by atoms with Gasteiger partial charge in [0.25, 0.3) is 0 Å². The highest BCUT2D eigenvalue weighted by Gasteiger charge is 2.22. The van der Waals surface area contributed by atoms with Crippen LogP contribution in [-0.4, -0.2) is 48.6 Å². The minimum Gasteiger partial charge on any atom is -0.313 e. The van der Waals surface area contributed by atoms with E-state index in [2.05, 4.69) is 30.3 Å². The zero-order valence-electron chi connectivity index (χ0n) is 10.5. The maximum atomic E-state index is 3.69. The largest absolute Gasteiger partial charge is 0.313 e. The zero-order valence-corrected chi connectivity index (χ0v) is 11.3. The van der Waals surface area contributed by atoms with E-state index in [4.69, 9.17) is 0 Å². The van der Waals surface area contributed by atoms with Gasteiger partial charge in [0.2, 0.25) is 0 Å². The Balaban J connectivity index is 2.05. The van der Waals surface area contributed by atoms with E-state index < -0.39 is 0 Å². The maximum absolute atomic E-state index is 3.69. The summed E-state index contributed by atoms with van der Waals surface area (Å²) in [6, 6.07) is 0.790. The predicted molar refractivity (Wildman–Crippen MR) is 70.7 cm³/mol. The molecule has 3 heteroatoms. The van der Waals surface area contributed by atoms with Gasteiger partial charge in [0.15, 0.2) is 0 Å². The number of hydrogen-bond donors (Lipinski definition) is 1. The Morgan fingerprint density at radius 1 is 1.27 bits per heavy atom. The average Bonchev–Trinajstić information content (AvgIpc) is 2.72. The standard InChI is InChI=1S/C12H26N2S/c1-4-14(5-2)9-8-13-11-6-7-12(10-11)15-3/h11-13H,4-10H2,1-3H3. The maximum Gasteiger partial charge on any atom is 0.0107 e. The van der Waals surface area contributed by atoms with E-state index in [-0.39, 0.29) is 0 Å². The topological polar surface area (TPSA) is 15.3 Å². The zero-order chi connectivity index (χ0) is 11.1. The summed E-state index contributed by atoms with van der Waals surface area (Å²) in [5.41, 5.74) is 0. The van der Waals surface area contributed by atoms with Crippen LogP contribution in [0.15, 0.2) is 0 Å². The third kappa shape index (κ3) is 4.75. The summed E-state index contributed by atoms with van der Waals surface area (Å²) in [5.74, 6) is 0. The van der Waals surface area contributed by atoms with Crippen LogP contribution in [0.3, 0.4) is 0 Å². The lowest BCUT2D eigenvalue weighted by atomic mass is 10.2. The van der Waals surface area contributed by atoms with Crippen LogP contribution in [0.1, 0.15) is 33.1 Å². The molecule has 0 aliphatic heterocycles. The van der Waals surface area contributed by atoms with E-state index >= 15 is 0 Å². The lowest BCUT2D eigenvalue weighted by Crippen LogP contribution is -2.36. The third-order valence-corrected chi connectivity index (χ3v) is 4.57. The Kier molecular flexibility index (Phi) is 6.69. The molecule has 2 unspecified atom stereocenters. The minimum absolute atomic E-state index is 0.790. The lowest BCUT2D eigenvalue weighted by Gasteiger charge is -2.20. The van der Waals surface area contributed by atoms with E-state index in [1.807, 2.05) is 11.8 Å². The van der Waals surface area contributed by atoms with Gasteiger partial charge < -0.3 is 10.2 Å². The SMILES string of the molecule is CCN(CC)CCNC1CCC(SC)C1. The quantitative estimate of drug-likeness (QED) is 0.722. The molecule has 0 radical (unpaired) electrons. The summed E-state index contributed by atoms with van der Waals surface area (Å²) in [4.78, 5) is 2.48.